The Morgan fingerprint density at radius 1 is 1.53 bits per heavy atom. The summed E-state index contributed by atoms with van der Waals surface area (Å²) in [6, 6.07) is 0. The highest BCUT2D eigenvalue weighted by Gasteiger charge is 2.35. The van der Waals surface area contributed by atoms with Gasteiger partial charge in [0.1, 0.15) is 5.56 Å². The van der Waals surface area contributed by atoms with Crippen molar-refractivity contribution >= 4 is 40.2 Å². The zero-order chi connectivity index (χ0) is 14.6. The van der Waals surface area contributed by atoms with Gasteiger partial charge in [0.2, 0.25) is 0 Å². The van der Waals surface area contributed by atoms with Gasteiger partial charge in [0.25, 0.3) is 0 Å². The monoisotopic (exact) mass is 409 g/mol. The van der Waals surface area contributed by atoms with E-state index in [9.17, 15) is 18.0 Å². The minimum Gasteiger partial charge on any atom is -0.462 e. The van der Waals surface area contributed by atoms with E-state index >= 15 is 0 Å². The first-order chi connectivity index (χ1) is 8.80. The van der Waals surface area contributed by atoms with Crippen LogP contribution in [-0.4, -0.2) is 23.9 Å². The summed E-state index contributed by atoms with van der Waals surface area (Å²) < 4.78 is 45.7. The van der Waals surface area contributed by atoms with E-state index in [1.54, 1.807) is 22.6 Å². The van der Waals surface area contributed by atoms with Crippen LogP contribution in [0.2, 0.25) is 0 Å². The average Bonchev–Trinajstić information content (AvgIpc) is 2.30. The number of aromatic nitrogens is 1. The predicted octanol–water partition coefficient (Wildman–Crippen LogP) is 3.50. The number of carbonyl (C=O) groups is 1. The van der Waals surface area contributed by atoms with E-state index in [1.807, 2.05) is 0 Å². The van der Waals surface area contributed by atoms with Gasteiger partial charge in [-0.05, 0) is 29.5 Å². The summed E-state index contributed by atoms with van der Waals surface area (Å²) in [5, 5.41) is 0. The van der Waals surface area contributed by atoms with E-state index in [-0.39, 0.29) is 21.8 Å². The molecule has 1 heterocycles. The van der Waals surface area contributed by atoms with Crippen LogP contribution in [0.25, 0.3) is 0 Å². The Morgan fingerprint density at radius 3 is 2.63 bits per heavy atom. The largest absolute Gasteiger partial charge is 0.573 e. The molecule has 1 rings (SSSR count). The molecule has 19 heavy (non-hydrogen) atoms. The molecule has 0 aliphatic heterocycles. The van der Waals surface area contributed by atoms with Crippen LogP contribution in [0.3, 0.4) is 0 Å². The van der Waals surface area contributed by atoms with Crippen molar-refractivity contribution in [3.8, 4) is 5.75 Å². The summed E-state index contributed by atoms with van der Waals surface area (Å²) in [7, 11) is 0. The summed E-state index contributed by atoms with van der Waals surface area (Å²) in [6.45, 7) is 1.54. The highest BCUT2D eigenvalue weighted by atomic mass is 127. The molecule has 0 radical (unpaired) electrons. The molecular formula is C10H8ClF3INO3. The van der Waals surface area contributed by atoms with Crippen LogP contribution in [-0.2, 0) is 10.6 Å². The molecule has 0 amide bonds. The molecule has 0 spiro atoms. The molecule has 0 aliphatic carbocycles. The smallest absolute Gasteiger partial charge is 0.462 e. The molecule has 0 saturated carbocycles. The summed E-state index contributed by atoms with van der Waals surface area (Å²) >= 11 is 7.14. The van der Waals surface area contributed by atoms with Gasteiger partial charge < -0.3 is 9.47 Å². The highest BCUT2D eigenvalue weighted by Crippen LogP contribution is 2.33. The summed E-state index contributed by atoms with van der Waals surface area (Å²) in [5.41, 5.74) is -0.430. The molecule has 0 unspecified atom stereocenters. The van der Waals surface area contributed by atoms with Gasteiger partial charge in [0.05, 0.1) is 21.8 Å². The molecular weight excluding hydrogens is 401 g/mol. The van der Waals surface area contributed by atoms with Gasteiger partial charge in [-0.2, -0.15) is 0 Å². The SMILES string of the molecule is CCOC(=O)c1c(CCl)ncc(I)c1OC(F)(F)F. The Kier molecular flexibility index (Phi) is 5.65. The number of esters is 1. The third-order valence-corrected chi connectivity index (χ3v) is 2.91. The van der Waals surface area contributed by atoms with Crippen molar-refractivity contribution in [1.29, 1.82) is 0 Å². The molecule has 106 valence electrons. The van der Waals surface area contributed by atoms with Gasteiger partial charge >= 0.3 is 12.3 Å². The first kappa shape index (κ1) is 16.3. The number of hydrogen-bond donors (Lipinski definition) is 0. The molecule has 0 aliphatic rings. The van der Waals surface area contributed by atoms with Crippen molar-refractivity contribution in [2.75, 3.05) is 6.61 Å². The quantitative estimate of drug-likeness (QED) is 0.434. The van der Waals surface area contributed by atoms with Gasteiger partial charge in [-0.25, -0.2) is 4.79 Å². The van der Waals surface area contributed by atoms with E-state index in [4.69, 9.17) is 16.3 Å². The summed E-state index contributed by atoms with van der Waals surface area (Å²) in [4.78, 5) is 15.5. The maximum Gasteiger partial charge on any atom is 0.573 e. The molecule has 0 aromatic carbocycles. The van der Waals surface area contributed by atoms with Crippen LogP contribution in [0.15, 0.2) is 6.20 Å². The molecule has 0 bridgehead atoms. The molecule has 1 aromatic heterocycles. The van der Waals surface area contributed by atoms with Gasteiger partial charge in [0.15, 0.2) is 5.75 Å². The van der Waals surface area contributed by atoms with E-state index in [1.165, 1.54) is 6.92 Å². The van der Waals surface area contributed by atoms with Crippen molar-refractivity contribution in [2.45, 2.75) is 19.2 Å². The van der Waals surface area contributed by atoms with Crippen LogP contribution in [0.4, 0.5) is 13.2 Å². The van der Waals surface area contributed by atoms with Crippen molar-refractivity contribution in [3.63, 3.8) is 0 Å². The number of carbonyl (C=O) groups excluding carboxylic acids is 1. The second-order valence-corrected chi connectivity index (χ2v) is 4.59. The second-order valence-electron chi connectivity index (χ2n) is 3.16. The Hall–Kier alpha value is -0.770. The fourth-order valence-corrected chi connectivity index (χ4v) is 1.96. The number of ether oxygens (including phenoxy) is 2. The lowest BCUT2D eigenvalue weighted by Crippen LogP contribution is -2.21. The normalized spacial score (nSPS) is 11.3. The van der Waals surface area contributed by atoms with Crippen molar-refractivity contribution in [3.05, 3.63) is 21.0 Å². The van der Waals surface area contributed by atoms with E-state index in [0.29, 0.717) is 0 Å². The zero-order valence-corrected chi connectivity index (χ0v) is 12.5. The second kappa shape index (κ2) is 6.60. The van der Waals surface area contributed by atoms with Crippen LogP contribution in [0.5, 0.6) is 5.75 Å². The van der Waals surface area contributed by atoms with E-state index in [2.05, 4.69) is 9.72 Å². The molecule has 0 N–H and O–H groups in total. The Morgan fingerprint density at radius 2 is 2.16 bits per heavy atom. The first-order valence-corrected chi connectivity index (χ1v) is 6.57. The maximum atomic E-state index is 12.4. The summed E-state index contributed by atoms with van der Waals surface area (Å²) in [6.07, 6.45) is -3.78. The molecule has 0 fully saturated rings. The number of pyridine rings is 1. The Bertz CT molecular complexity index is 482. The predicted molar refractivity (Wildman–Crippen MR) is 69.2 cm³/mol. The molecule has 1 aromatic rings. The number of hydrogen-bond acceptors (Lipinski definition) is 4. The molecule has 4 nitrogen and oxygen atoms in total. The van der Waals surface area contributed by atoms with Crippen LogP contribution in [0, 0.1) is 3.57 Å². The zero-order valence-electron chi connectivity index (χ0n) is 9.55. The Labute approximate surface area is 125 Å². The van der Waals surface area contributed by atoms with Crippen LogP contribution in [0.1, 0.15) is 23.0 Å². The number of rotatable bonds is 4. The minimum atomic E-state index is -4.92. The van der Waals surface area contributed by atoms with Crippen LogP contribution < -0.4 is 4.74 Å². The number of nitrogens with zero attached hydrogens (tertiary/aromatic N) is 1. The lowest BCUT2D eigenvalue weighted by molar-refractivity contribution is -0.275. The van der Waals surface area contributed by atoms with Crippen LogP contribution >= 0.6 is 34.2 Å². The van der Waals surface area contributed by atoms with Crippen molar-refractivity contribution in [2.24, 2.45) is 0 Å². The maximum absolute atomic E-state index is 12.4. The average molecular weight is 410 g/mol. The van der Waals surface area contributed by atoms with Gasteiger partial charge in [-0.3, -0.25) is 4.98 Å². The first-order valence-electron chi connectivity index (χ1n) is 4.96. The van der Waals surface area contributed by atoms with Crippen molar-refractivity contribution < 1.29 is 27.4 Å². The Balaban J connectivity index is 3.36. The van der Waals surface area contributed by atoms with Gasteiger partial charge in [-0.15, -0.1) is 24.8 Å². The van der Waals surface area contributed by atoms with E-state index < -0.39 is 23.6 Å². The fraction of sp³-hybridized carbons (Fsp3) is 0.400. The topological polar surface area (TPSA) is 48.4 Å². The summed E-state index contributed by atoms with van der Waals surface area (Å²) in [5.74, 6) is -1.83. The minimum absolute atomic E-state index is 0.0114. The van der Waals surface area contributed by atoms with Gasteiger partial charge in [0, 0.05) is 6.20 Å². The molecule has 0 saturated heterocycles. The van der Waals surface area contributed by atoms with Gasteiger partial charge in [-0.1, -0.05) is 0 Å². The highest BCUT2D eigenvalue weighted by molar-refractivity contribution is 14.1. The third-order valence-electron chi connectivity index (χ3n) is 1.89. The molecule has 0 atom stereocenters. The van der Waals surface area contributed by atoms with Crippen molar-refractivity contribution in [1.82, 2.24) is 4.98 Å². The fourth-order valence-electron chi connectivity index (χ4n) is 1.24. The number of alkyl halides is 4. The number of halogens is 5. The third kappa shape index (κ3) is 4.37. The lowest BCUT2D eigenvalue weighted by Gasteiger charge is -2.15. The lowest BCUT2D eigenvalue weighted by atomic mass is 10.2. The van der Waals surface area contributed by atoms with E-state index in [0.717, 1.165) is 6.20 Å². The standard InChI is InChI=1S/C10H8ClF3INO3/c1-2-18-9(17)7-6(3-11)16-4-5(15)8(7)19-10(12,13)14/h4H,2-3H2,1H3. The molecule has 9 heteroatoms.